The van der Waals surface area contributed by atoms with Crippen LogP contribution in [0.15, 0.2) is 63.8 Å². The highest BCUT2D eigenvalue weighted by molar-refractivity contribution is 7.17. The van der Waals surface area contributed by atoms with Gasteiger partial charge in [0.2, 0.25) is 12.7 Å². The van der Waals surface area contributed by atoms with E-state index < -0.39 is 5.69 Å². The van der Waals surface area contributed by atoms with Crippen LogP contribution in [0, 0.1) is 0 Å². The van der Waals surface area contributed by atoms with Gasteiger partial charge in [-0.3, -0.25) is 23.7 Å². The van der Waals surface area contributed by atoms with Crippen LogP contribution in [0.5, 0.6) is 11.5 Å². The van der Waals surface area contributed by atoms with Gasteiger partial charge in [-0.2, -0.15) is 0 Å². The van der Waals surface area contributed by atoms with Crippen LogP contribution < -0.4 is 26.0 Å². The summed E-state index contributed by atoms with van der Waals surface area (Å²) in [6.07, 6.45) is 3.35. The second kappa shape index (κ2) is 8.91. The number of thiophene rings is 1. The van der Waals surface area contributed by atoms with E-state index in [4.69, 9.17) is 9.47 Å². The minimum atomic E-state index is -0.446. The van der Waals surface area contributed by atoms with Crippen molar-refractivity contribution in [3.63, 3.8) is 0 Å². The fraction of sp³-hybridized carbons (Fsp3) is 0.217. The van der Waals surface area contributed by atoms with Crippen LogP contribution in [0.3, 0.4) is 0 Å². The molecule has 168 valence electrons. The molecule has 0 atom stereocenters. The Bertz CT molecular complexity index is 1440. The standard InChI is InChI=1S/C23H20N4O5S/c28-20(25-12-15-3-4-18-19(10-15)32-14-31-18)5-8-26-22(29)21-17(6-9-33-21)27(23(26)30)13-16-2-1-7-24-11-16/h1-4,6-7,9-11H,5,8,12-14H2,(H,25,28). The number of ether oxygens (including phenoxy) is 2. The summed E-state index contributed by atoms with van der Waals surface area (Å²) in [6, 6.07) is 10.9. The van der Waals surface area contributed by atoms with Crippen molar-refractivity contribution in [2.24, 2.45) is 0 Å². The Morgan fingerprint density at radius 1 is 1.09 bits per heavy atom. The van der Waals surface area contributed by atoms with Crippen LogP contribution in [0.25, 0.3) is 10.2 Å². The van der Waals surface area contributed by atoms with Gasteiger partial charge in [-0.25, -0.2) is 4.79 Å². The molecule has 0 radical (unpaired) electrons. The van der Waals surface area contributed by atoms with Crippen molar-refractivity contribution >= 4 is 27.5 Å². The highest BCUT2D eigenvalue weighted by Gasteiger charge is 2.16. The van der Waals surface area contributed by atoms with E-state index in [0.29, 0.717) is 28.3 Å². The number of rotatable bonds is 7. The maximum atomic E-state index is 13.2. The van der Waals surface area contributed by atoms with Crippen molar-refractivity contribution in [1.29, 1.82) is 0 Å². The molecule has 1 aliphatic heterocycles. The van der Waals surface area contributed by atoms with Gasteiger partial charge in [0.15, 0.2) is 11.5 Å². The van der Waals surface area contributed by atoms with E-state index in [-0.39, 0.29) is 37.8 Å². The summed E-state index contributed by atoms with van der Waals surface area (Å²) in [4.78, 5) is 42.6. The largest absolute Gasteiger partial charge is 0.454 e. The maximum absolute atomic E-state index is 13.2. The molecular formula is C23H20N4O5S. The summed E-state index contributed by atoms with van der Waals surface area (Å²) >= 11 is 1.28. The number of nitrogens with one attached hydrogen (secondary N) is 1. The highest BCUT2D eigenvalue weighted by Crippen LogP contribution is 2.32. The van der Waals surface area contributed by atoms with Crippen LogP contribution in [0.4, 0.5) is 0 Å². The Hall–Kier alpha value is -3.92. The number of carbonyl (C=O) groups excluding carboxylic acids is 1. The molecule has 0 aliphatic carbocycles. The summed E-state index contributed by atoms with van der Waals surface area (Å²) in [5.74, 6) is 1.06. The number of amides is 1. The highest BCUT2D eigenvalue weighted by atomic mass is 32.1. The first-order valence-corrected chi connectivity index (χ1v) is 11.2. The second-order valence-electron chi connectivity index (χ2n) is 7.54. The molecule has 9 nitrogen and oxygen atoms in total. The molecule has 3 aromatic heterocycles. The van der Waals surface area contributed by atoms with Gasteiger partial charge in [0, 0.05) is 31.9 Å². The zero-order valence-corrected chi connectivity index (χ0v) is 18.3. The van der Waals surface area contributed by atoms with Crippen molar-refractivity contribution in [2.75, 3.05) is 6.79 Å². The first-order valence-electron chi connectivity index (χ1n) is 10.3. The Morgan fingerprint density at radius 3 is 2.82 bits per heavy atom. The summed E-state index contributed by atoms with van der Waals surface area (Å²) in [7, 11) is 0. The third kappa shape index (κ3) is 4.24. The van der Waals surface area contributed by atoms with E-state index in [9.17, 15) is 14.4 Å². The Kier molecular flexibility index (Phi) is 5.66. The van der Waals surface area contributed by atoms with Gasteiger partial charge < -0.3 is 14.8 Å². The second-order valence-corrected chi connectivity index (χ2v) is 8.45. The smallest absolute Gasteiger partial charge is 0.331 e. The quantitative estimate of drug-likeness (QED) is 0.449. The molecule has 4 aromatic rings. The number of aromatic nitrogens is 3. The monoisotopic (exact) mass is 464 g/mol. The average Bonchev–Trinajstić information content (AvgIpc) is 3.50. The third-order valence-corrected chi connectivity index (χ3v) is 6.28. The summed E-state index contributed by atoms with van der Waals surface area (Å²) < 4.78 is 13.8. The Balaban J connectivity index is 1.32. The molecule has 4 heterocycles. The number of hydrogen-bond acceptors (Lipinski definition) is 7. The molecule has 0 fully saturated rings. The minimum absolute atomic E-state index is 0.00345. The molecule has 0 spiro atoms. The van der Waals surface area contributed by atoms with E-state index >= 15 is 0 Å². The fourth-order valence-corrected chi connectivity index (χ4v) is 4.55. The van der Waals surface area contributed by atoms with Gasteiger partial charge in [-0.15, -0.1) is 11.3 Å². The fourth-order valence-electron chi connectivity index (χ4n) is 3.71. The Labute approximate surface area is 191 Å². The van der Waals surface area contributed by atoms with E-state index in [1.54, 1.807) is 40.5 Å². The van der Waals surface area contributed by atoms with Crippen LogP contribution >= 0.6 is 11.3 Å². The van der Waals surface area contributed by atoms with Crippen molar-refractivity contribution in [3.8, 4) is 11.5 Å². The van der Waals surface area contributed by atoms with Gasteiger partial charge in [-0.1, -0.05) is 12.1 Å². The van der Waals surface area contributed by atoms with E-state index in [1.165, 1.54) is 11.3 Å². The third-order valence-electron chi connectivity index (χ3n) is 5.39. The topological polar surface area (TPSA) is 104 Å². The van der Waals surface area contributed by atoms with E-state index in [0.717, 1.165) is 15.7 Å². The van der Waals surface area contributed by atoms with E-state index in [1.807, 2.05) is 18.2 Å². The first kappa shape index (κ1) is 21.0. The molecule has 1 amide bonds. The number of fused-ring (bicyclic) bond motifs is 2. The van der Waals surface area contributed by atoms with Crippen LogP contribution in [0.1, 0.15) is 17.5 Å². The van der Waals surface area contributed by atoms with Crippen molar-refractivity contribution in [3.05, 3.63) is 86.1 Å². The molecule has 0 bridgehead atoms. The lowest BCUT2D eigenvalue weighted by atomic mass is 10.2. The molecule has 10 heteroatoms. The lowest BCUT2D eigenvalue weighted by molar-refractivity contribution is -0.121. The molecule has 0 saturated heterocycles. The number of hydrogen-bond donors (Lipinski definition) is 1. The predicted octanol–water partition coefficient (Wildman–Crippen LogP) is 2.10. The van der Waals surface area contributed by atoms with Crippen LogP contribution in [-0.4, -0.2) is 26.8 Å². The molecule has 0 saturated carbocycles. The van der Waals surface area contributed by atoms with Crippen molar-refractivity contribution in [1.82, 2.24) is 19.4 Å². The molecular weight excluding hydrogens is 444 g/mol. The predicted molar refractivity (Wildman–Crippen MR) is 123 cm³/mol. The minimum Gasteiger partial charge on any atom is -0.454 e. The van der Waals surface area contributed by atoms with Gasteiger partial charge >= 0.3 is 5.69 Å². The first-order chi connectivity index (χ1) is 16.1. The molecule has 0 unspecified atom stereocenters. The van der Waals surface area contributed by atoms with Crippen LogP contribution in [-0.2, 0) is 24.4 Å². The zero-order chi connectivity index (χ0) is 22.8. The zero-order valence-electron chi connectivity index (χ0n) is 17.5. The van der Waals surface area contributed by atoms with Crippen molar-refractivity contribution in [2.45, 2.75) is 26.1 Å². The number of carbonyl (C=O) groups is 1. The SMILES string of the molecule is O=C(CCn1c(=O)c2sccc2n(Cc2cccnc2)c1=O)NCc1ccc2c(c1)OCO2. The molecule has 5 rings (SSSR count). The van der Waals surface area contributed by atoms with Crippen LogP contribution in [0.2, 0.25) is 0 Å². The van der Waals surface area contributed by atoms with Gasteiger partial charge in [0.05, 0.1) is 12.1 Å². The van der Waals surface area contributed by atoms with E-state index in [2.05, 4.69) is 10.3 Å². The number of benzene rings is 1. The number of nitrogens with zero attached hydrogens (tertiary/aromatic N) is 3. The molecule has 1 aliphatic rings. The summed E-state index contributed by atoms with van der Waals surface area (Å²) in [6.45, 7) is 0.772. The van der Waals surface area contributed by atoms with Gasteiger partial charge in [-0.05, 0) is 40.8 Å². The molecule has 33 heavy (non-hydrogen) atoms. The maximum Gasteiger partial charge on any atom is 0.331 e. The lowest BCUT2D eigenvalue weighted by Crippen LogP contribution is -2.40. The summed E-state index contributed by atoms with van der Waals surface area (Å²) in [5, 5.41) is 4.61. The normalized spacial score (nSPS) is 12.2. The molecule has 1 N–H and O–H groups in total. The Morgan fingerprint density at radius 2 is 1.97 bits per heavy atom. The van der Waals surface area contributed by atoms with Crippen molar-refractivity contribution < 1.29 is 14.3 Å². The molecule has 1 aromatic carbocycles. The lowest BCUT2D eigenvalue weighted by Gasteiger charge is -2.12. The summed E-state index contributed by atoms with van der Waals surface area (Å²) in [5.41, 5.74) is 1.47. The number of pyridine rings is 1. The van der Waals surface area contributed by atoms with Gasteiger partial charge in [0.1, 0.15) is 4.70 Å². The average molecular weight is 465 g/mol. The van der Waals surface area contributed by atoms with Gasteiger partial charge in [0.25, 0.3) is 5.56 Å².